The SMILES string of the molecule is [2H]c1cc([2H])cc(N2c3cc(C(C)(C)C)ccc3B3c4cc5c(cc4N(c4cc([2H])cc([2H])c4)c4cc(C)cc2c43)N(c2cc([2H])cc([2H])c2)c2cc3c4c6c2B5c2ccc(C(C)(C)C)c5c2N6c2c(ccc(C(C)(C)C)c2O5)B4c2ccc(C(C)(C)C)cc2N3c2cc([2H])cc([2H])c2)c1. The summed E-state index contributed by atoms with van der Waals surface area (Å²) in [5.41, 5.74) is 26.3. The minimum atomic E-state index is -0.477. The second kappa shape index (κ2) is 18.8. The van der Waals surface area contributed by atoms with Crippen LogP contribution < -0.4 is 78.4 Å². The minimum Gasteiger partial charge on any atom is -0.452 e. The Morgan fingerprint density at radius 2 is 0.630 bits per heavy atom. The molecule has 92 heavy (non-hydrogen) atoms. The summed E-state index contributed by atoms with van der Waals surface area (Å²) in [4.78, 5) is 11.6. The van der Waals surface area contributed by atoms with E-state index in [1.165, 1.54) is 0 Å². The Hall–Kier alpha value is -9.59. The number of hydrogen-bond donors (Lipinski definition) is 0. The van der Waals surface area contributed by atoms with E-state index >= 15 is 0 Å². The summed E-state index contributed by atoms with van der Waals surface area (Å²) < 4.78 is 82.6. The Balaban J connectivity index is 1.03. The molecular formula is C83H74B3N5O. The number of para-hydroxylation sites is 4. The molecule has 11 aromatic rings. The summed E-state index contributed by atoms with van der Waals surface area (Å²) in [6.45, 7) is 27.9. The number of hydrogen-bond acceptors (Lipinski definition) is 6. The predicted molar refractivity (Wildman–Crippen MR) is 393 cm³/mol. The molecule has 9 heteroatoms. The summed E-state index contributed by atoms with van der Waals surface area (Å²) >= 11 is 0. The molecule has 6 nitrogen and oxygen atoms in total. The Morgan fingerprint density at radius 3 is 1.00 bits per heavy atom. The molecule has 0 saturated heterocycles. The summed E-state index contributed by atoms with van der Waals surface area (Å²) in [5, 5.41) is 0. The van der Waals surface area contributed by atoms with Crippen LogP contribution in [0.3, 0.4) is 0 Å². The monoisotopic (exact) mass is 1200 g/mol. The molecular weight excluding hydrogens is 1120 g/mol. The van der Waals surface area contributed by atoms with Crippen LogP contribution in [0, 0.1) is 6.92 Å². The van der Waals surface area contributed by atoms with Crippen molar-refractivity contribution >= 4 is 155 Å². The third-order valence-electron chi connectivity index (χ3n) is 20.6. The van der Waals surface area contributed by atoms with Crippen LogP contribution in [0.2, 0.25) is 0 Å². The van der Waals surface area contributed by atoms with Gasteiger partial charge in [0.1, 0.15) is 0 Å². The number of nitrogens with zero attached hydrogens (tertiary/aromatic N) is 5. The van der Waals surface area contributed by atoms with E-state index < -0.39 is 13.4 Å². The lowest BCUT2D eigenvalue weighted by atomic mass is 9.27. The van der Waals surface area contributed by atoms with Gasteiger partial charge in [-0.25, -0.2) is 0 Å². The first-order chi connectivity index (χ1) is 47.3. The minimum absolute atomic E-state index is 0.184. The van der Waals surface area contributed by atoms with E-state index in [4.69, 9.17) is 7.48 Å². The van der Waals surface area contributed by atoms with Crippen molar-refractivity contribution in [1.29, 1.82) is 0 Å². The molecule has 0 aromatic heterocycles. The molecule has 0 aliphatic carbocycles. The molecule has 0 unspecified atom stereocenters. The number of anilines is 15. The second-order valence-electron chi connectivity index (χ2n) is 30.4. The number of rotatable bonds is 4. The molecule has 7 aliphatic rings. The van der Waals surface area contributed by atoms with Crippen molar-refractivity contribution < 1.29 is 15.7 Å². The third-order valence-corrected chi connectivity index (χ3v) is 20.6. The van der Waals surface area contributed by atoms with Crippen molar-refractivity contribution in [3.8, 4) is 11.5 Å². The van der Waals surface area contributed by atoms with Crippen LogP contribution in [0.4, 0.5) is 85.3 Å². The molecule has 0 atom stereocenters. The summed E-state index contributed by atoms with van der Waals surface area (Å²) in [5.74, 6) is 1.63. The van der Waals surface area contributed by atoms with Crippen molar-refractivity contribution in [2.45, 2.75) is 112 Å². The fourth-order valence-electron chi connectivity index (χ4n) is 16.5. The number of aryl methyl sites for hydroxylation is 1. The first-order valence-corrected chi connectivity index (χ1v) is 32.5. The van der Waals surface area contributed by atoms with Gasteiger partial charge in [-0.05, 0) is 179 Å². The Morgan fingerprint density at radius 1 is 0.304 bits per heavy atom. The molecule has 0 N–H and O–H groups in total. The van der Waals surface area contributed by atoms with Gasteiger partial charge in [-0.15, -0.1) is 0 Å². The third kappa shape index (κ3) is 7.59. The number of fused-ring (bicyclic) bond motifs is 10. The quantitative estimate of drug-likeness (QED) is 0.163. The van der Waals surface area contributed by atoms with E-state index in [1.54, 1.807) is 24.3 Å². The van der Waals surface area contributed by atoms with Gasteiger partial charge in [0.25, 0.3) is 20.1 Å². The highest BCUT2D eigenvalue weighted by molar-refractivity contribution is 7.06. The Bertz CT molecular complexity index is 5470. The molecule has 0 amide bonds. The van der Waals surface area contributed by atoms with Gasteiger partial charge in [-0.1, -0.05) is 210 Å². The molecule has 0 fully saturated rings. The molecule has 18 rings (SSSR count). The van der Waals surface area contributed by atoms with Crippen LogP contribution in [0.5, 0.6) is 11.5 Å². The highest BCUT2D eigenvalue weighted by Crippen LogP contribution is 2.60. The maximum atomic E-state index is 9.55. The average molecular weight is 1200 g/mol. The lowest BCUT2D eigenvalue weighted by Gasteiger charge is -2.53. The van der Waals surface area contributed by atoms with Crippen molar-refractivity contribution in [3.05, 3.63) is 240 Å². The van der Waals surface area contributed by atoms with E-state index in [9.17, 15) is 8.22 Å². The molecule has 0 spiro atoms. The fourth-order valence-corrected chi connectivity index (χ4v) is 16.5. The fraction of sp³-hybridized carbons (Fsp3) is 0.205. The first kappa shape index (κ1) is 47.3. The summed E-state index contributed by atoms with van der Waals surface area (Å²) in [6.07, 6.45) is 0. The molecule has 0 radical (unpaired) electrons. The van der Waals surface area contributed by atoms with Crippen LogP contribution in [-0.2, 0) is 21.7 Å². The van der Waals surface area contributed by atoms with Gasteiger partial charge in [-0.2, -0.15) is 0 Å². The lowest BCUT2D eigenvalue weighted by molar-refractivity contribution is 0.433. The standard InChI is InChI=1S/C83H74B3N5O/c1-49-42-68-72-69(43-49)89(54-30-22-16-23-31-54)66-47-67-63(46-62(66)85(72)59-39-35-51(81(5,6)7)45-65(59)87(68)52-26-18-14-19-27-52)86-61-41-37-57(83(11,12)13)79-76(61)91-75-60(40-36-56(78(75)92-79)82(8,9)10)84-58-38-34-50(80(2,3)4)44-64(58)88(53-28-20-15-21-29-53)70-48-71(74(86)77(91)73(70)84)90(67)55-32-24-17-25-33-55/h14-48H,1-13H3/i18D,19D,20D,21D,22D,23D,24D,25D. The van der Waals surface area contributed by atoms with Gasteiger partial charge in [0.05, 0.1) is 22.3 Å². The summed E-state index contributed by atoms with van der Waals surface area (Å²) in [7, 11) is 0. The van der Waals surface area contributed by atoms with Crippen molar-refractivity contribution in [2.24, 2.45) is 0 Å². The van der Waals surface area contributed by atoms with Crippen molar-refractivity contribution in [1.82, 2.24) is 0 Å². The van der Waals surface area contributed by atoms with E-state index in [2.05, 4.69) is 206 Å². The maximum absolute atomic E-state index is 9.55. The largest absolute Gasteiger partial charge is 0.452 e. The highest BCUT2D eigenvalue weighted by Gasteiger charge is 2.56. The van der Waals surface area contributed by atoms with Crippen LogP contribution in [-0.4, -0.2) is 20.1 Å². The van der Waals surface area contributed by atoms with Gasteiger partial charge < -0.3 is 29.2 Å². The topological polar surface area (TPSA) is 25.4 Å². The summed E-state index contributed by atoms with van der Waals surface area (Å²) in [6, 6.07) is 57.5. The van der Waals surface area contributed by atoms with Gasteiger partial charge in [-0.3, -0.25) is 0 Å². The Kier molecular flexibility index (Phi) is 9.67. The first-order valence-electron chi connectivity index (χ1n) is 36.5. The van der Waals surface area contributed by atoms with Crippen molar-refractivity contribution in [3.63, 3.8) is 0 Å². The van der Waals surface area contributed by atoms with E-state index in [0.29, 0.717) is 22.7 Å². The zero-order valence-corrected chi connectivity index (χ0v) is 54.5. The van der Waals surface area contributed by atoms with Crippen LogP contribution in [0.1, 0.15) is 122 Å². The van der Waals surface area contributed by atoms with E-state index in [-0.39, 0.29) is 76.7 Å². The molecule has 0 saturated carbocycles. The smallest absolute Gasteiger partial charge is 0.252 e. The zero-order valence-electron chi connectivity index (χ0n) is 62.5. The van der Waals surface area contributed by atoms with Gasteiger partial charge in [0.2, 0.25) is 0 Å². The second-order valence-corrected chi connectivity index (χ2v) is 30.4. The van der Waals surface area contributed by atoms with Crippen LogP contribution in [0.25, 0.3) is 0 Å². The van der Waals surface area contributed by atoms with Crippen molar-refractivity contribution in [2.75, 3.05) is 24.5 Å². The van der Waals surface area contributed by atoms with Gasteiger partial charge in [0, 0.05) is 85.1 Å². The Labute approximate surface area is 555 Å². The van der Waals surface area contributed by atoms with Gasteiger partial charge in [0.15, 0.2) is 11.5 Å². The van der Waals surface area contributed by atoms with E-state index in [1.807, 2.05) is 48.5 Å². The van der Waals surface area contributed by atoms with Crippen LogP contribution in [0.15, 0.2) is 212 Å². The van der Waals surface area contributed by atoms with Crippen LogP contribution >= 0.6 is 0 Å². The molecule has 7 aliphatic heterocycles. The average Bonchev–Trinajstić information content (AvgIpc) is 0.657. The van der Waals surface area contributed by atoms with Gasteiger partial charge >= 0.3 is 0 Å². The molecule has 11 aromatic carbocycles. The van der Waals surface area contributed by atoms with E-state index in [0.717, 1.165) is 151 Å². The molecule has 0 bridgehead atoms. The predicted octanol–water partition coefficient (Wildman–Crippen LogP) is 16.1. The maximum Gasteiger partial charge on any atom is 0.252 e. The normalized spacial score (nSPS) is 16.1. The molecule has 446 valence electrons. The highest BCUT2D eigenvalue weighted by atomic mass is 16.5. The lowest BCUT2D eigenvalue weighted by Crippen LogP contribution is -2.70. The molecule has 7 heterocycles. The number of benzene rings is 11. The number of ether oxygens (including phenoxy) is 1. The zero-order chi connectivity index (χ0) is 69.9.